The first-order valence-corrected chi connectivity index (χ1v) is 13.8. The van der Waals surface area contributed by atoms with Crippen LogP contribution in [0.15, 0.2) is 64.3 Å². The minimum Gasteiger partial charge on any atom is -0.367 e. The molecule has 7 nitrogen and oxygen atoms in total. The van der Waals surface area contributed by atoms with Crippen molar-refractivity contribution in [3.8, 4) is 11.3 Å². The van der Waals surface area contributed by atoms with E-state index in [2.05, 4.69) is 15.2 Å². The number of piperazine rings is 1. The zero-order chi connectivity index (χ0) is 22.6. The topological polar surface area (TPSA) is 82.6 Å². The number of sulfonamides is 1. The summed E-state index contributed by atoms with van der Waals surface area (Å²) in [5.41, 5.74) is 3.61. The number of thiazole rings is 1. The van der Waals surface area contributed by atoms with Crippen molar-refractivity contribution in [3.05, 3.63) is 60.0 Å². The van der Waals surface area contributed by atoms with E-state index in [4.69, 9.17) is 0 Å². The normalized spacial score (nSPS) is 15.0. The van der Waals surface area contributed by atoms with Crippen molar-refractivity contribution in [1.82, 2.24) is 9.29 Å². The van der Waals surface area contributed by atoms with Gasteiger partial charge in [-0.3, -0.25) is 4.79 Å². The fourth-order valence-electron chi connectivity index (χ4n) is 3.49. The summed E-state index contributed by atoms with van der Waals surface area (Å²) in [7, 11) is -3.18. The molecular weight excluding hydrogens is 464 g/mol. The van der Waals surface area contributed by atoms with Gasteiger partial charge in [-0.15, -0.1) is 11.3 Å². The number of benzene rings is 2. The average molecular weight is 489 g/mol. The zero-order valence-corrected chi connectivity index (χ0v) is 20.0. The Morgan fingerprint density at radius 2 is 1.75 bits per heavy atom. The second-order valence-corrected chi connectivity index (χ2v) is 11.4. The molecule has 0 unspecified atom stereocenters. The van der Waals surface area contributed by atoms with Crippen molar-refractivity contribution < 1.29 is 13.2 Å². The van der Waals surface area contributed by atoms with Gasteiger partial charge in [-0.1, -0.05) is 54.2 Å². The lowest BCUT2D eigenvalue weighted by Crippen LogP contribution is -2.48. The summed E-state index contributed by atoms with van der Waals surface area (Å²) in [4.78, 5) is 19.3. The van der Waals surface area contributed by atoms with Gasteiger partial charge in [0.2, 0.25) is 15.9 Å². The van der Waals surface area contributed by atoms with E-state index in [1.54, 1.807) is 0 Å². The predicted octanol–water partition coefficient (Wildman–Crippen LogP) is 3.62. The molecule has 1 saturated heterocycles. The van der Waals surface area contributed by atoms with Gasteiger partial charge in [0.05, 0.1) is 29.1 Å². The Labute approximate surface area is 196 Å². The van der Waals surface area contributed by atoms with E-state index in [1.165, 1.54) is 33.7 Å². The van der Waals surface area contributed by atoms with Crippen molar-refractivity contribution in [2.24, 2.45) is 0 Å². The standard InChI is InChI=1S/C22H24N4O3S3/c1-32(28,29)26-13-11-25(12-14-26)20-10-6-5-9-18(20)23-21(27)16-31-22-24-19(15-30-22)17-7-3-2-4-8-17/h2-10,15H,11-14,16H2,1H3,(H,23,27). The number of nitrogens with zero attached hydrogens (tertiary/aromatic N) is 3. The third-order valence-electron chi connectivity index (χ3n) is 5.11. The van der Waals surface area contributed by atoms with Crippen molar-refractivity contribution in [2.45, 2.75) is 4.34 Å². The minimum atomic E-state index is -3.18. The Balaban J connectivity index is 1.35. The van der Waals surface area contributed by atoms with Gasteiger partial charge in [0.25, 0.3) is 0 Å². The monoisotopic (exact) mass is 488 g/mol. The lowest BCUT2D eigenvalue weighted by molar-refractivity contribution is -0.113. The van der Waals surface area contributed by atoms with Crippen LogP contribution in [0.25, 0.3) is 11.3 Å². The van der Waals surface area contributed by atoms with Crippen LogP contribution in [-0.2, 0) is 14.8 Å². The number of amides is 1. The molecule has 10 heteroatoms. The Bertz CT molecular complexity index is 1170. The number of hydrogen-bond acceptors (Lipinski definition) is 7. The Morgan fingerprint density at radius 3 is 2.47 bits per heavy atom. The molecule has 0 spiro atoms. The molecule has 1 amide bonds. The highest BCUT2D eigenvalue weighted by Gasteiger charge is 2.24. The molecule has 1 aliphatic heterocycles. The van der Waals surface area contributed by atoms with Crippen LogP contribution in [0.3, 0.4) is 0 Å². The molecule has 168 valence electrons. The molecule has 4 rings (SSSR count). The highest BCUT2D eigenvalue weighted by molar-refractivity contribution is 8.01. The number of rotatable bonds is 7. The molecular formula is C22H24N4O3S3. The van der Waals surface area contributed by atoms with E-state index >= 15 is 0 Å². The van der Waals surface area contributed by atoms with E-state index in [1.807, 2.05) is 60.0 Å². The highest BCUT2D eigenvalue weighted by atomic mass is 32.2. The maximum Gasteiger partial charge on any atom is 0.234 e. The third kappa shape index (κ3) is 5.69. The molecule has 32 heavy (non-hydrogen) atoms. The van der Waals surface area contributed by atoms with Gasteiger partial charge in [0.1, 0.15) is 0 Å². The van der Waals surface area contributed by atoms with E-state index in [0.717, 1.165) is 27.0 Å². The first-order chi connectivity index (χ1) is 15.4. The molecule has 1 aliphatic rings. The van der Waals surface area contributed by atoms with Crippen LogP contribution in [-0.4, -0.2) is 61.8 Å². The molecule has 2 heterocycles. The average Bonchev–Trinajstić information content (AvgIpc) is 3.27. The van der Waals surface area contributed by atoms with Gasteiger partial charge in [-0.25, -0.2) is 13.4 Å². The smallest absolute Gasteiger partial charge is 0.234 e. The number of carbonyl (C=O) groups is 1. The maximum absolute atomic E-state index is 12.6. The SMILES string of the molecule is CS(=O)(=O)N1CCN(c2ccccc2NC(=O)CSc2nc(-c3ccccc3)cs2)CC1. The number of carbonyl (C=O) groups excluding carboxylic acids is 1. The number of para-hydroxylation sites is 2. The summed E-state index contributed by atoms with van der Waals surface area (Å²) in [6.45, 7) is 2.03. The fraction of sp³-hybridized carbons (Fsp3) is 0.273. The van der Waals surface area contributed by atoms with Gasteiger partial charge in [0.15, 0.2) is 4.34 Å². The highest BCUT2D eigenvalue weighted by Crippen LogP contribution is 2.30. The van der Waals surface area contributed by atoms with Gasteiger partial charge in [0, 0.05) is 37.1 Å². The van der Waals surface area contributed by atoms with Crippen molar-refractivity contribution >= 4 is 50.4 Å². The summed E-state index contributed by atoms with van der Waals surface area (Å²) >= 11 is 2.95. The zero-order valence-electron chi connectivity index (χ0n) is 17.6. The summed E-state index contributed by atoms with van der Waals surface area (Å²) in [6, 6.07) is 17.6. The molecule has 0 atom stereocenters. The first kappa shape index (κ1) is 22.8. The Hall–Kier alpha value is -2.40. The van der Waals surface area contributed by atoms with Gasteiger partial charge >= 0.3 is 0 Å². The molecule has 0 aliphatic carbocycles. The Kier molecular flexibility index (Phi) is 7.14. The van der Waals surface area contributed by atoms with Crippen LogP contribution in [0, 0.1) is 0 Å². The first-order valence-electron chi connectivity index (χ1n) is 10.1. The quantitative estimate of drug-likeness (QED) is 0.512. The van der Waals surface area contributed by atoms with Gasteiger partial charge in [-0.05, 0) is 12.1 Å². The summed E-state index contributed by atoms with van der Waals surface area (Å²) in [5, 5.41) is 5.00. The molecule has 0 saturated carbocycles. The second-order valence-electron chi connectivity index (χ2n) is 7.37. The molecule has 3 aromatic rings. The van der Waals surface area contributed by atoms with Crippen LogP contribution >= 0.6 is 23.1 Å². The van der Waals surface area contributed by atoms with Crippen LogP contribution in [0.5, 0.6) is 0 Å². The third-order valence-corrected chi connectivity index (χ3v) is 8.43. The lowest BCUT2D eigenvalue weighted by Gasteiger charge is -2.35. The maximum atomic E-state index is 12.6. The largest absolute Gasteiger partial charge is 0.367 e. The summed E-state index contributed by atoms with van der Waals surface area (Å²) in [6.07, 6.45) is 1.24. The van der Waals surface area contributed by atoms with Crippen LogP contribution in [0.2, 0.25) is 0 Å². The summed E-state index contributed by atoms with van der Waals surface area (Å²) in [5.74, 6) is 0.159. The number of thioether (sulfide) groups is 1. The van der Waals surface area contributed by atoms with Crippen LogP contribution in [0.1, 0.15) is 0 Å². The molecule has 1 N–H and O–H groups in total. The van der Waals surface area contributed by atoms with E-state index < -0.39 is 10.0 Å². The molecule has 1 fully saturated rings. The van der Waals surface area contributed by atoms with Crippen molar-refractivity contribution in [2.75, 3.05) is 48.4 Å². The number of anilines is 2. The lowest BCUT2D eigenvalue weighted by atomic mass is 10.2. The fourth-order valence-corrected chi connectivity index (χ4v) is 5.96. The van der Waals surface area contributed by atoms with Crippen molar-refractivity contribution in [1.29, 1.82) is 0 Å². The summed E-state index contributed by atoms with van der Waals surface area (Å²) < 4.78 is 25.8. The molecule has 0 bridgehead atoms. The molecule has 2 aromatic carbocycles. The van der Waals surface area contributed by atoms with E-state index in [0.29, 0.717) is 26.2 Å². The Morgan fingerprint density at radius 1 is 1.06 bits per heavy atom. The number of nitrogens with one attached hydrogen (secondary N) is 1. The number of hydrogen-bond donors (Lipinski definition) is 1. The van der Waals surface area contributed by atoms with Crippen LogP contribution < -0.4 is 10.2 Å². The molecule has 0 radical (unpaired) electrons. The van der Waals surface area contributed by atoms with E-state index in [-0.39, 0.29) is 11.7 Å². The van der Waals surface area contributed by atoms with Crippen molar-refractivity contribution in [3.63, 3.8) is 0 Å². The van der Waals surface area contributed by atoms with Gasteiger partial charge < -0.3 is 10.2 Å². The van der Waals surface area contributed by atoms with Gasteiger partial charge in [-0.2, -0.15) is 4.31 Å². The van der Waals surface area contributed by atoms with E-state index in [9.17, 15) is 13.2 Å². The number of aromatic nitrogens is 1. The van der Waals surface area contributed by atoms with Crippen LogP contribution in [0.4, 0.5) is 11.4 Å². The second kappa shape index (κ2) is 10.0. The molecule has 1 aromatic heterocycles. The minimum absolute atomic E-state index is 0.103. The predicted molar refractivity (Wildman–Crippen MR) is 132 cm³/mol.